The zero-order valence-electron chi connectivity index (χ0n) is 21.4. The molecule has 2 amide bonds. The van der Waals surface area contributed by atoms with Gasteiger partial charge in [-0.1, -0.05) is 49.7 Å². The summed E-state index contributed by atoms with van der Waals surface area (Å²) in [6.45, 7) is 4.45. The lowest BCUT2D eigenvalue weighted by molar-refractivity contribution is -0.142. The molecule has 8 heteroatoms. The van der Waals surface area contributed by atoms with Crippen LogP contribution in [-0.4, -0.2) is 39.7 Å². The van der Waals surface area contributed by atoms with Gasteiger partial charge in [0.25, 0.3) is 5.56 Å². The first-order valence-corrected chi connectivity index (χ1v) is 12.5. The molecule has 190 valence electrons. The van der Waals surface area contributed by atoms with E-state index in [0.29, 0.717) is 24.4 Å². The van der Waals surface area contributed by atoms with Crippen molar-refractivity contribution >= 4 is 17.5 Å². The van der Waals surface area contributed by atoms with Crippen LogP contribution in [0.5, 0.6) is 5.75 Å². The number of hydrogen-bond acceptors (Lipinski definition) is 4. The van der Waals surface area contributed by atoms with Crippen LogP contribution in [0.15, 0.2) is 59.4 Å². The Bertz CT molecular complexity index is 1290. The fourth-order valence-corrected chi connectivity index (χ4v) is 5.04. The number of anilines is 1. The number of nitrogens with one attached hydrogen (secondary N) is 1. The fraction of sp³-hybridized carbons (Fsp3) is 0.393. The lowest BCUT2D eigenvalue weighted by Crippen LogP contribution is -2.47. The molecule has 36 heavy (non-hydrogen) atoms. The average molecular weight is 491 g/mol. The summed E-state index contributed by atoms with van der Waals surface area (Å²) in [6, 6.07) is 16.4. The van der Waals surface area contributed by atoms with Gasteiger partial charge in [0, 0.05) is 25.6 Å². The maximum absolute atomic E-state index is 13.8. The van der Waals surface area contributed by atoms with Crippen molar-refractivity contribution in [3.63, 3.8) is 0 Å². The van der Waals surface area contributed by atoms with Crippen LogP contribution in [0.1, 0.15) is 49.9 Å². The van der Waals surface area contributed by atoms with Crippen LogP contribution in [0.25, 0.3) is 5.69 Å². The second kappa shape index (κ2) is 10.8. The lowest BCUT2D eigenvalue weighted by atomic mass is 9.83. The number of aromatic nitrogens is 2. The summed E-state index contributed by atoms with van der Waals surface area (Å²) in [5.41, 5.74) is 2.13. The minimum absolute atomic E-state index is 0.0331. The van der Waals surface area contributed by atoms with Crippen molar-refractivity contribution in [2.24, 2.45) is 13.0 Å². The van der Waals surface area contributed by atoms with Gasteiger partial charge in [-0.05, 0) is 38.0 Å². The van der Waals surface area contributed by atoms with Crippen molar-refractivity contribution in [2.75, 3.05) is 19.0 Å². The summed E-state index contributed by atoms with van der Waals surface area (Å²) in [5.74, 6) is -0.129. The molecule has 0 saturated carbocycles. The maximum Gasteiger partial charge on any atom is 0.295 e. The summed E-state index contributed by atoms with van der Waals surface area (Å²) in [6.07, 6.45) is 2.46. The zero-order chi connectivity index (χ0) is 25.8. The molecule has 1 fully saturated rings. The van der Waals surface area contributed by atoms with Crippen LogP contribution in [0.3, 0.4) is 0 Å². The van der Waals surface area contributed by atoms with Gasteiger partial charge in [-0.15, -0.1) is 0 Å². The zero-order valence-corrected chi connectivity index (χ0v) is 21.4. The molecule has 1 aliphatic rings. The van der Waals surface area contributed by atoms with Crippen LogP contribution in [0.2, 0.25) is 0 Å². The van der Waals surface area contributed by atoms with Gasteiger partial charge in [-0.25, -0.2) is 4.68 Å². The molecule has 2 aromatic carbocycles. The van der Waals surface area contributed by atoms with E-state index in [1.54, 1.807) is 23.5 Å². The van der Waals surface area contributed by atoms with E-state index in [1.807, 2.05) is 66.4 Å². The predicted octanol–water partition coefficient (Wildman–Crippen LogP) is 4.21. The summed E-state index contributed by atoms with van der Waals surface area (Å²) >= 11 is 0. The number of carbonyl (C=O) groups is 2. The molecule has 3 aromatic rings. The van der Waals surface area contributed by atoms with E-state index in [2.05, 4.69) is 12.2 Å². The number of hydrogen-bond donors (Lipinski definition) is 1. The molecule has 0 radical (unpaired) electrons. The first-order valence-electron chi connectivity index (χ1n) is 12.5. The fourth-order valence-electron chi connectivity index (χ4n) is 5.04. The third-order valence-electron chi connectivity index (χ3n) is 7.06. The highest BCUT2D eigenvalue weighted by molar-refractivity contribution is 5.95. The number of rotatable bonds is 8. The predicted molar refractivity (Wildman–Crippen MR) is 139 cm³/mol. The second-order valence-electron chi connectivity index (χ2n) is 9.20. The van der Waals surface area contributed by atoms with E-state index in [-0.39, 0.29) is 29.5 Å². The normalized spacial score (nSPS) is 17.8. The Morgan fingerprint density at radius 1 is 1.08 bits per heavy atom. The molecule has 1 N–H and O–H groups in total. The Kier molecular flexibility index (Phi) is 7.62. The van der Waals surface area contributed by atoms with E-state index in [4.69, 9.17) is 4.74 Å². The molecule has 2 heterocycles. The molecular formula is C28H34N4O4. The summed E-state index contributed by atoms with van der Waals surface area (Å²) in [4.78, 5) is 42.0. The number of likely N-dealkylation sites (tertiary alicyclic amines) is 1. The average Bonchev–Trinajstić information content (AvgIpc) is 3.11. The highest BCUT2D eigenvalue weighted by atomic mass is 16.5. The van der Waals surface area contributed by atoms with E-state index >= 15 is 0 Å². The van der Waals surface area contributed by atoms with E-state index in [0.717, 1.165) is 24.1 Å². The third-order valence-corrected chi connectivity index (χ3v) is 7.06. The van der Waals surface area contributed by atoms with Crippen molar-refractivity contribution in [1.82, 2.24) is 14.3 Å². The molecule has 0 spiro atoms. The topological polar surface area (TPSA) is 85.6 Å². The van der Waals surface area contributed by atoms with Gasteiger partial charge in [0.05, 0.1) is 30.5 Å². The molecular weight excluding hydrogens is 456 g/mol. The van der Waals surface area contributed by atoms with Gasteiger partial charge in [-0.2, -0.15) is 0 Å². The van der Waals surface area contributed by atoms with Crippen molar-refractivity contribution < 1.29 is 14.3 Å². The number of nitrogens with zero attached hydrogens (tertiary/aromatic N) is 3. The molecule has 4 rings (SSSR count). The highest BCUT2D eigenvalue weighted by Crippen LogP contribution is 2.41. The number of methoxy groups -OCH3 is 1. The van der Waals surface area contributed by atoms with Crippen LogP contribution < -0.4 is 15.6 Å². The number of piperidine rings is 1. The molecule has 0 aliphatic carbocycles. The van der Waals surface area contributed by atoms with Crippen LogP contribution in [0.4, 0.5) is 5.69 Å². The van der Waals surface area contributed by atoms with E-state index in [1.165, 1.54) is 0 Å². The van der Waals surface area contributed by atoms with Crippen molar-refractivity contribution in [3.05, 3.63) is 76.2 Å². The molecule has 2 unspecified atom stereocenters. The number of benzene rings is 2. The van der Waals surface area contributed by atoms with Crippen LogP contribution in [-0.2, 0) is 16.6 Å². The monoisotopic (exact) mass is 490 g/mol. The minimum Gasteiger partial charge on any atom is -0.496 e. The Morgan fingerprint density at radius 3 is 2.47 bits per heavy atom. The molecule has 1 aliphatic heterocycles. The summed E-state index contributed by atoms with van der Waals surface area (Å²) < 4.78 is 8.89. The van der Waals surface area contributed by atoms with E-state index in [9.17, 15) is 14.4 Å². The van der Waals surface area contributed by atoms with Gasteiger partial charge in [0.1, 0.15) is 11.4 Å². The number of para-hydroxylation sites is 2. The molecule has 8 nitrogen and oxygen atoms in total. The number of ether oxygens (including phenoxy) is 1. The number of carbonyl (C=O) groups excluding carboxylic acids is 2. The van der Waals surface area contributed by atoms with Crippen molar-refractivity contribution in [3.8, 4) is 11.4 Å². The van der Waals surface area contributed by atoms with E-state index < -0.39 is 12.0 Å². The molecule has 0 bridgehead atoms. The van der Waals surface area contributed by atoms with Crippen LogP contribution >= 0.6 is 0 Å². The Hall–Kier alpha value is -3.81. The first kappa shape index (κ1) is 25.3. The van der Waals surface area contributed by atoms with Crippen molar-refractivity contribution in [2.45, 2.75) is 45.6 Å². The van der Waals surface area contributed by atoms with Gasteiger partial charge in [-0.3, -0.25) is 19.1 Å². The maximum atomic E-state index is 13.8. The molecule has 1 saturated heterocycles. The smallest absolute Gasteiger partial charge is 0.295 e. The van der Waals surface area contributed by atoms with Gasteiger partial charge in [0.2, 0.25) is 11.8 Å². The van der Waals surface area contributed by atoms with Crippen LogP contribution in [0, 0.1) is 12.8 Å². The molecule has 1 aromatic heterocycles. The second-order valence-corrected chi connectivity index (χ2v) is 9.20. The van der Waals surface area contributed by atoms with Gasteiger partial charge >= 0.3 is 0 Å². The Morgan fingerprint density at radius 2 is 1.78 bits per heavy atom. The first-order chi connectivity index (χ1) is 17.4. The third kappa shape index (κ3) is 4.67. The Balaban J connectivity index is 1.72. The molecule has 2 atom stereocenters. The standard InChI is InChI=1S/C28H34N4O4/c1-5-6-18-31-24(33)17-16-22(26(31)21-14-10-11-15-23(21)36-4)27(34)29-25-19(2)30(3)32(28(25)35)20-12-8-7-9-13-20/h7-15,22,26H,5-6,16-18H2,1-4H3,(H,29,34). The van der Waals surface area contributed by atoms with Crippen molar-refractivity contribution in [1.29, 1.82) is 0 Å². The SMILES string of the molecule is CCCCN1C(=O)CCC(C(=O)Nc2c(C)n(C)n(-c3ccccc3)c2=O)C1c1ccccc1OC. The minimum atomic E-state index is -0.528. The number of amides is 2. The number of unbranched alkanes of at least 4 members (excludes halogenated alkanes) is 1. The quantitative estimate of drug-likeness (QED) is 0.513. The Labute approximate surface area is 211 Å². The lowest BCUT2D eigenvalue weighted by Gasteiger charge is -2.41. The largest absolute Gasteiger partial charge is 0.496 e. The summed E-state index contributed by atoms with van der Waals surface area (Å²) in [5, 5.41) is 2.94. The van der Waals surface area contributed by atoms with Gasteiger partial charge < -0.3 is 15.0 Å². The van der Waals surface area contributed by atoms with Gasteiger partial charge in [0.15, 0.2) is 0 Å². The highest BCUT2D eigenvalue weighted by Gasteiger charge is 2.42. The summed E-state index contributed by atoms with van der Waals surface area (Å²) in [7, 11) is 3.39.